The molecule has 1 unspecified atom stereocenters. The lowest BCUT2D eigenvalue weighted by Crippen LogP contribution is -1.94. The van der Waals surface area contributed by atoms with Gasteiger partial charge in [-0.15, -0.1) is 0 Å². The lowest BCUT2D eigenvalue weighted by Gasteiger charge is -2.08. The highest BCUT2D eigenvalue weighted by Crippen LogP contribution is 2.28. The highest BCUT2D eigenvalue weighted by Gasteiger charge is 2.06. The Kier molecular flexibility index (Phi) is 3.76. The smallest absolute Gasteiger partial charge is 0.171 e. The number of nitrogens with zero attached hydrogens (tertiary/aromatic N) is 1. The number of hydrogen-bond acceptors (Lipinski definition) is 3. The zero-order valence-electron chi connectivity index (χ0n) is 11.2. The molecule has 1 heterocycles. The van der Waals surface area contributed by atoms with Gasteiger partial charge < -0.3 is 10.1 Å². The number of para-hydroxylation sites is 2. The summed E-state index contributed by atoms with van der Waals surface area (Å²) < 4.78 is 0. The highest BCUT2D eigenvalue weighted by molar-refractivity contribution is 7.99. The van der Waals surface area contributed by atoms with E-state index in [0.29, 0.717) is 0 Å². The summed E-state index contributed by atoms with van der Waals surface area (Å²) in [5.41, 5.74) is 2.99. The maximum Gasteiger partial charge on any atom is 0.171 e. The first-order chi connectivity index (χ1) is 9.76. The van der Waals surface area contributed by atoms with Crippen LogP contribution in [0.4, 0.5) is 0 Å². The van der Waals surface area contributed by atoms with Crippen LogP contribution < -0.4 is 0 Å². The largest absolute Gasteiger partial charge is 0.388 e. The summed E-state index contributed by atoms with van der Waals surface area (Å²) >= 11 is 1.59. The van der Waals surface area contributed by atoms with E-state index in [-0.39, 0.29) is 6.10 Å². The molecule has 0 aliphatic heterocycles. The summed E-state index contributed by atoms with van der Waals surface area (Å²) in [6.07, 6.45) is 0.357. The normalized spacial score (nSPS) is 12.7. The number of imidazole rings is 1. The fourth-order valence-electron chi connectivity index (χ4n) is 2.08. The second kappa shape index (κ2) is 5.69. The van der Waals surface area contributed by atoms with Gasteiger partial charge in [-0.3, -0.25) is 0 Å². The standard InChI is InChI=1S/C16H16N2OS/c1-2-15(19)11-7-9-12(10-8-11)20-16-17-13-5-3-4-6-14(13)18-16/h3-10,15,19H,2H2,1H3,(H,17,18). The highest BCUT2D eigenvalue weighted by atomic mass is 32.2. The molecule has 3 nitrogen and oxygen atoms in total. The van der Waals surface area contributed by atoms with Crippen molar-refractivity contribution in [2.24, 2.45) is 0 Å². The molecule has 2 N–H and O–H groups in total. The number of hydrogen-bond donors (Lipinski definition) is 2. The molecule has 3 rings (SSSR count). The summed E-state index contributed by atoms with van der Waals surface area (Å²) in [4.78, 5) is 8.94. The molecule has 0 aliphatic rings. The van der Waals surface area contributed by atoms with Gasteiger partial charge in [0.1, 0.15) is 0 Å². The molecule has 0 saturated carbocycles. The topological polar surface area (TPSA) is 48.9 Å². The van der Waals surface area contributed by atoms with Gasteiger partial charge in [0.2, 0.25) is 0 Å². The molecule has 0 radical (unpaired) electrons. The Morgan fingerprint density at radius 2 is 1.90 bits per heavy atom. The van der Waals surface area contributed by atoms with E-state index in [2.05, 4.69) is 9.97 Å². The van der Waals surface area contributed by atoms with Crippen molar-refractivity contribution in [3.8, 4) is 0 Å². The lowest BCUT2D eigenvalue weighted by atomic mass is 10.1. The van der Waals surface area contributed by atoms with E-state index in [1.54, 1.807) is 11.8 Å². The minimum Gasteiger partial charge on any atom is -0.388 e. The number of aromatic nitrogens is 2. The van der Waals surface area contributed by atoms with Crippen molar-refractivity contribution in [1.29, 1.82) is 0 Å². The number of aliphatic hydroxyl groups is 1. The van der Waals surface area contributed by atoms with Crippen LogP contribution in [0.15, 0.2) is 58.6 Å². The van der Waals surface area contributed by atoms with Gasteiger partial charge in [-0.25, -0.2) is 4.98 Å². The first-order valence-electron chi connectivity index (χ1n) is 6.67. The number of fused-ring (bicyclic) bond motifs is 1. The van der Waals surface area contributed by atoms with Crippen molar-refractivity contribution in [3.05, 3.63) is 54.1 Å². The molecule has 0 amide bonds. The number of nitrogens with one attached hydrogen (secondary N) is 1. The number of H-pyrrole nitrogens is 1. The molecule has 102 valence electrons. The SMILES string of the molecule is CCC(O)c1ccc(Sc2nc3ccccc3[nH]2)cc1. The summed E-state index contributed by atoms with van der Waals surface area (Å²) in [7, 11) is 0. The van der Waals surface area contributed by atoms with Gasteiger partial charge in [0.15, 0.2) is 5.16 Å². The van der Waals surface area contributed by atoms with Crippen molar-refractivity contribution >= 4 is 22.8 Å². The summed E-state index contributed by atoms with van der Waals surface area (Å²) in [6, 6.07) is 16.0. The van der Waals surface area contributed by atoms with E-state index in [4.69, 9.17) is 0 Å². The summed E-state index contributed by atoms with van der Waals surface area (Å²) in [5, 5.41) is 10.7. The van der Waals surface area contributed by atoms with Crippen molar-refractivity contribution in [3.63, 3.8) is 0 Å². The van der Waals surface area contributed by atoms with Crippen molar-refractivity contribution < 1.29 is 5.11 Å². The van der Waals surface area contributed by atoms with Crippen LogP contribution in [0.2, 0.25) is 0 Å². The van der Waals surface area contributed by atoms with Gasteiger partial charge in [-0.1, -0.05) is 43.0 Å². The molecule has 3 aromatic rings. The van der Waals surface area contributed by atoms with E-state index in [1.807, 2.05) is 55.5 Å². The van der Waals surface area contributed by atoms with Gasteiger partial charge in [-0.2, -0.15) is 0 Å². The third-order valence-corrected chi connectivity index (χ3v) is 4.13. The zero-order valence-corrected chi connectivity index (χ0v) is 12.0. The third kappa shape index (κ3) is 2.71. The monoisotopic (exact) mass is 284 g/mol. The molecular formula is C16H16N2OS. The number of aromatic amines is 1. The number of rotatable bonds is 4. The van der Waals surface area contributed by atoms with E-state index in [0.717, 1.165) is 33.1 Å². The first-order valence-corrected chi connectivity index (χ1v) is 7.48. The Labute approximate surface area is 122 Å². The minimum absolute atomic E-state index is 0.375. The molecule has 4 heteroatoms. The van der Waals surface area contributed by atoms with Gasteiger partial charge >= 0.3 is 0 Å². The van der Waals surface area contributed by atoms with Crippen molar-refractivity contribution in [2.75, 3.05) is 0 Å². The molecular weight excluding hydrogens is 268 g/mol. The minimum atomic E-state index is -0.375. The van der Waals surface area contributed by atoms with Crippen LogP contribution in [0.5, 0.6) is 0 Å². The van der Waals surface area contributed by atoms with E-state index in [9.17, 15) is 5.11 Å². The predicted octanol–water partition coefficient (Wildman–Crippen LogP) is 4.16. The Bertz CT molecular complexity index is 673. The van der Waals surface area contributed by atoms with Gasteiger partial charge in [0.25, 0.3) is 0 Å². The van der Waals surface area contributed by atoms with Gasteiger partial charge in [-0.05, 0) is 36.2 Å². The average molecular weight is 284 g/mol. The average Bonchev–Trinajstić information content (AvgIpc) is 2.89. The Balaban J connectivity index is 1.80. The van der Waals surface area contributed by atoms with Crippen molar-refractivity contribution in [1.82, 2.24) is 9.97 Å². The van der Waals surface area contributed by atoms with Gasteiger partial charge in [0.05, 0.1) is 17.1 Å². The lowest BCUT2D eigenvalue weighted by molar-refractivity contribution is 0.173. The quantitative estimate of drug-likeness (QED) is 0.756. The maximum absolute atomic E-state index is 9.78. The van der Waals surface area contributed by atoms with Crippen LogP contribution >= 0.6 is 11.8 Å². The summed E-state index contributed by atoms with van der Waals surface area (Å²) in [6.45, 7) is 1.97. The Hall–Kier alpha value is -1.78. The van der Waals surface area contributed by atoms with Gasteiger partial charge in [0, 0.05) is 4.90 Å². The van der Waals surface area contributed by atoms with Crippen LogP contribution in [-0.2, 0) is 0 Å². The van der Waals surface area contributed by atoms with Crippen LogP contribution in [0.1, 0.15) is 25.0 Å². The molecule has 2 aromatic carbocycles. The predicted molar refractivity (Wildman–Crippen MR) is 81.9 cm³/mol. The van der Waals surface area contributed by atoms with E-state index in [1.165, 1.54) is 0 Å². The number of benzene rings is 2. The van der Waals surface area contributed by atoms with Crippen molar-refractivity contribution in [2.45, 2.75) is 29.5 Å². The molecule has 0 aliphatic carbocycles. The molecule has 0 spiro atoms. The van der Waals surface area contributed by atoms with Crippen LogP contribution in [0, 0.1) is 0 Å². The fourth-order valence-corrected chi connectivity index (χ4v) is 2.88. The maximum atomic E-state index is 9.78. The van der Waals surface area contributed by atoms with Crippen LogP contribution in [0.3, 0.4) is 0 Å². The number of aliphatic hydroxyl groups excluding tert-OH is 1. The second-order valence-corrected chi connectivity index (χ2v) is 5.72. The Morgan fingerprint density at radius 1 is 1.15 bits per heavy atom. The second-order valence-electron chi connectivity index (χ2n) is 4.65. The molecule has 1 atom stereocenters. The first kappa shape index (κ1) is 13.2. The third-order valence-electron chi connectivity index (χ3n) is 3.23. The molecule has 0 fully saturated rings. The molecule has 20 heavy (non-hydrogen) atoms. The van der Waals surface area contributed by atoms with Crippen LogP contribution in [-0.4, -0.2) is 15.1 Å². The molecule has 0 saturated heterocycles. The van der Waals surface area contributed by atoms with Crippen LogP contribution in [0.25, 0.3) is 11.0 Å². The summed E-state index contributed by atoms with van der Waals surface area (Å²) in [5.74, 6) is 0. The van der Waals surface area contributed by atoms with E-state index < -0.39 is 0 Å². The Morgan fingerprint density at radius 3 is 2.60 bits per heavy atom. The fraction of sp³-hybridized carbons (Fsp3) is 0.188. The zero-order chi connectivity index (χ0) is 13.9. The van der Waals surface area contributed by atoms with E-state index >= 15 is 0 Å². The molecule has 0 bridgehead atoms. The molecule has 1 aromatic heterocycles.